The van der Waals surface area contributed by atoms with E-state index in [0.717, 1.165) is 16.7 Å². The van der Waals surface area contributed by atoms with Crippen molar-refractivity contribution in [2.24, 2.45) is 7.05 Å². The Kier molecular flexibility index (Phi) is 9.03. The highest BCUT2D eigenvalue weighted by atomic mass is 32.2. The molecule has 0 bridgehead atoms. The molecule has 1 aliphatic heterocycles. The number of likely N-dealkylation sites (tertiary alicyclic amines) is 1. The van der Waals surface area contributed by atoms with Crippen molar-refractivity contribution in [2.75, 3.05) is 24.4 Å². The van der Waals surface area contributed by atoms with Crippen LogP contribution in [-0.2, 0) is 31.4 Å². The van der Waals surface area contributed by atoms with Crippen LogP contribution in [0, 0.1) is 13.8 Å². The number of hydrogen-bond donors (Lipinski definition) is 1. The molecule has 1 N–H and O–H groups in total. The van der Waals surface area contributed by atoms with Gasteiger partial charge in [0.15, 0.2) is 0 Å². The Morgan fingerprint density at radius 1 is 1.15 bits per heavy atom. The molecule has 0 spiro atoms. The number of carbonyl (C=O) groups excluding carboxylic acids is 2. The van der Waals surface area contributed by atoms with Crippen molar-refractivity contribution in [2.45, 2.75) is 57.5 Å². The number of carbonyl (C=O) groups is 2. The van der Waals surface area contributed by atoms with E-state index < -0.39 is 10.0 Å². The first kappa shape index (κ1) is 29.0. The van der Waals surface area contributed by atoms with Gasteiger partial charge in [-0.05, 0) is 38.3 Å². The average Bonchev–Trinajstić information content (AvgIpc) is 3.53. The van der Waals surface area contributed by atoms with Crippen LogP contribution in [0.2, 0.25) is 0 Å². The maximum Gasteiger partial charge on any atom is 0.305 e. The van der Waals surface area contributed by atoms with Crippen LogP contribution in [-0.4, -0.2) is 70.7 Å². The van der Waals surface area contributed by atoms with E-state index in [9.17, 15) is 18.0 Å². The highest BCUT2D eigenvalue weighted by Gasteiger charge is 2.28. The number of esters is 1. The number of nitrogens with one attached hydrogen (secondary N) is 1. The summed E-state index contributed by atoms with van der Waals surface area (Å²) in [6.45, 7) is 6.84. The van der Waals surface area contributed by atoms with Gasteiger partial charge in [-0.15, -0.1) is 0 Å². The summed E-state index contributed by atoms with van der Waals surface area (Å²) in [5, 5.41) is 3.93. The van der Waals surface area contributed by atoms with Gasteiger partial charge in [0, 0.05) is 50.7 Å². The van der Waals surface area contributed by atoms with Gasteiger partial charge in [-0.1, -0.05) is 18.2 Å². The molecule has 1 atom stereocenters. The van der Waals surface area contributed by atoms with Gasteiger partial charge in [0.2, 0.25) is 17.7 Å². The first-order valence-corrected chi connectivity index (χ1v) is 14.6. The summed E-state index contributed by atoms with van der Waals surface area (Å²) in [7, 11) is -2.37. The molecule has 13 heteroatoms. The van der Waals surface area contributed by atoms with E-state index in [2.05, 4.69) is 19.8 Å². The summed E-state index contributed by atoms with van der Waals surface area (Å²) < 4.78 is 40.9. The Morgan fingerprint density at radius 3 is 2.58 bits per heavy atom. The highest BCUT2D eigenvalue weighted by molar-refractivity contribution is 7.92. The number of aromatic nitrogens is 4. The van der Waals surface area contributed by atoms with Gasteiger partial charge in [-0.3, -0.25) is 14.3 Å². The molecule has 1 saturated heterocycles. The monoisotopic (exact) mass is 570 g/mol. The predicted molar refractivity (Wildman–Crippen MR) is 147 cm³/mol. The second-order valence-corrected chi connectivity index (χ2v) is 11.3. The van der Waals surface area contributed by atoms with Crippen molar-refractivity contribution in [3.63, 3.8) is 0 Å². The van der Waals surface area contributed by atoms with Crippen molar-refractivity contribution >= 4 is 27.8 Å². The van der Waals surface area contributed by atoms with E-state index in [1.54, 1.807) is 24.9 Å². The van der Waals surface area contributed by atoms with Crippen molar-refractivity contribution in [3.8, 4) is 17.1 Å². The minimum Gasteiger partial charge on any atom is -0.472 e. The summed E-state index contributed by atoms with van der Waals surface area (Å²) in [5.41, 5.74) is 3.29. The largest absolute Gasteiger partial charge is 0.472 e. The SMILES string of the molecule is CCOC(=O)CCCC(=O)N1CCC(Oc2cc(-c3c(C)cccc3C)nc(NS(=O)(=O)c3cnn(C)c3)n2)C1. The molecule has 214 valence electrons. The smallest absolute Gasteiger partial charge is 0.305 e. The second-order valence-electron chi connectivity index (χ2n) is 9.66. The first-order chi connectivity index (χ1) is 19.1. The highest BCUT2D eigenvalue weighted by Crippen LogP contribution is 2.30. The van der Waals surface area contributed by atoms with E-state index in [1.807, 2.05) is 32.0 Å². The second kappa shape index (κ2) is 12.5. The molecular weight excluding hydrogens is 536 g/mol. The Morgan fingerprint density at radius 2 is 1.90 bits per heavy atom. The summed E-state index contributed by atoms with van der Waals surface area (Å²) in [6.07, 6.45) is 3.74. The van der Waals surface area contributed by atoms with Crippen molar-refractivity contribution in [1.82, 2.24) is 24.6 Å². The van der Waals surface area contributed by atoms with Gasteiger partial charge >= 0.3 is 5.97 Å². The summed E-state index contributed by atoms with van der Waals surface area (Å²) in [4.78, 5) is 34.7. The lowest BCUT2D eigenvalue weighted by Crippen LogP contribution is -2.31. The maximum absolute atomic E-state index is 13.0. The number of rotatable bonds is 11. The fourth-order valence-electron chi connectivity index (χ4n) is 4.59. The van der Waals surface area contributed by atoms with Crippen molar-refractivity contribution in [1.29, 1.82) is 0 Å². The number of sulfonamides is 1. The number of hydrogen-bond acceptors (Lipinski definition) is 9. The predicted octanol–water partition coefficient (Wildman–Crippen LogP) is 3.01. The number of benzene rings is 1. The van der Waals surface area contributed by atoms with Crippen LogP contribution in [0.5, 0.6) is 5.88 Å². The third-order valence-electron chi connectivity index (χ3n) is 6.52. The Hall–Kier alpha value is -4.00. The maximum atomic E-state index is 13.0. The van der Waals surface area contributed by atoms with Crippen LogP contribution >= 0.6 is 0 Å². The average molecular weight is 571 g/mol. The normalized spacial score (nSPS) is 15.2. The number of amides is 1. The molecule has 0 radical (unpaired) electrons. The Balaban J connectivity index is 1.52. The molecule has 2 aromatic heterocycles. The summed E-state index contributed by atoms with van der Waals surface area (Å²) >= 11 is 0. The van der Waals surface area contributed by atoms with E-state index in [4.69, 9.17) is 9.47 Å². The van der Waals surface area contributed by atoms with Crippen molar-refractivity contribution in [3.05, 3.63) is 47.8 Å². The van der Waals surface area contributed by atoms with Crippen LogP contribution in [0.25, 0.3) is 11.3 Å². The standard InChI is InChI=1S/C27H34N6O6S/c1-5-38-25(35)11-7-10-24(34)33-13-12-20(16-33)39-23-14-22(26-18(2)8-6-9-19(26)3)29-27(30-23)31-40(36,37)21-15-28-32(4)17-21/h6,8-9,14-15,17,20H,5,7,10-13,16H2,1-4H3,(H,29,30,31). The molecular formula is C27H34N6O6S. The molecule has 1 aliphatic rings. The van der Waals surface area contributed by atoms with Gasteiger partial charge in [0.1, 0.15) is 11.0 Å². The zero-order chi connectivity index (χ0) is 28.9. The van der Waals surface area contributed by atoms with Crippen LogP contribution in [0.4, 0.5) is 5.95 Å². The fourth-order valence-corrected chi connectivity index (χ4v) is 5.52. The van der Waals surface area contributed by atoms with Gasteiger partial charge in [0.05, 0.1) is 25.0 Å². The van der Waals surface area contributed by atoms with E-state index >= 15 is 0 Å². The molecule has 3 aromatic rings. The van der Waals surface area contributed by atoms with Gasteiger partial charge < -0.3 is 14.4 Å². The molecule has 1 amide bonds. The lowest BCUT2D eigenvalue weighted by molar-refractivity contribution is -0.143. The zero-order valence-electron chi connectivity index (χ0n) is 23.1. The molecule has 1 unspecified atom stereocenters. The molecule has 12 nitrogen and oxygen atoms in total. The van der Waals surface area contributed by atoms with E-state index in [-0.39, 0.29) is 47.5 Å². The van der Waals surface area contributed by atoms with Gasteiger partial charge in [-0.25, -0.2) is 18.1 Å². The molecule has 1 fully saturated rings. The molecule has 3 heterocycles. The number of aryl methyl sites for hydroxylation is 3. The summed E-state index contributed by atoms with van der Waals surface area (Å²) in [5.74, 6) is -0.308. The van der Waals surface area contributed by atoms with E-state index in [1.165, 1.54) is 17.1 Å². The molecule has 4 rings (SSSR count). The fraction of sp³-hybridized carbons (Fsp3) is 0.444. The Labute approximate surface area is 233 Å². The number of ether oxygens (including phenoxy) is 2. The Bertz CT molecular complexity index is 1470. The quantitative estimate of drug-likeness (QED) is 0.344. The molecule has 0 saturated carbocycles. The molecule has 40 heavy (non-hydrogen) atoms. The minimum absolute atomic E-state index is 0.0218. The van der Waals surface area contributed by atoms with Crippen LogP contribution in [0.1, 0.15) is 43.7 Å². The topological polar surface area (TPSA) is 146 Å². The van der Waals surface area contributed by atoms with E-state index in [0.29, 0.717) is 38.2 Å². The third-order valence-corrected chi connectivity index (χ3v) is 7.80. The van der Waals surface area contributed by atoms with Crippen LogP contribution in [0.15, 0.2) is 41.6 Å². The van der Waals surface area contributed by atoms with Gasteiger partial charge in [-0.2, -0.15) is 10.1 Å². The van der Waals surface area contributed by atoms with Crippen LogP contribution < -0.4 is 9.46 Å². The van der Waals surface area contributed by atoms with Gasteiger partial charge in [0.25, 0.3) is 10.0 Å². The van der Waals surface area contributed by atoms with Crippen molar-refractivity contribution < 1.29 is 27.5 Å². The molecule has 1 aromatic carbocycles. The van der Waals surface area contributed by atoms with Crippen LogP contribution in [0.3, 0.4) is 0 Å². The first-order valence-electron chi connectivity index (χ1n) is 13.1. The minimum atomic E-state index is -3.99. The summed E-state index contributed by atoms with van der Waals surface area (Å²) in [6, 6.07) is 7.52. The zero-order valence-corrected chi connectivity index (χ0v) is 23.9. The lowest BCUT2D eigenvalue weighted by atomic mass is 10.00. The molecule has 0 aliphatic carbocycles. The number of nitrogens with zero attached hydrogens (tertiary/aromatic N) is 5. The number of anilines is 1. The third kappa shape index (κ3) is 7.14. The lowest BCUT2D eigenvalue weighted by Gasteiger charge is -2.18.